The highest BCUT2D eigenvalue weighted by molar-refractivity contribution is 5.94. The third kappa shape index (κ3) is 4.96. The first-order valence-electron chi connectivity index (χ1n) is 9.05. The van der Waals surface area contributed by atoms with E-state index >= 15 is 0 Å². The van der Waals surface area contributed by atoms with Gasteiger partial charge in [0, 0.05) is 38.9 Å². The average molecular weight is 390 g/mol. The van der Waals surface area contributed by atoms with Crippen molar-refractivity contribution in [2.75, 3.05) is 46.5 Å². The monoisotopic (exact) mass is 390 g/mol. The van der Waals surface area contributed by atoms with E-state index in [0.29, 0.717) is 38.4 Å². The molecule has 0 bridgehead atoms. The largest absolute Gasteiger partial charge is 0.472 e. The molecule has 3 rings (SSSR count). The van der Waals surface area contributed by atoms with Gasteiger partial charge in [0.1, 0.15) is 12.1 Å². The van der Waals surface area contributed by atoms with Crippen molar-refractivity contribution in [2.45, 2.75) is 6.10 Å². The Morgan fingerprint density at radius 1 is 1.32 bits per heavy atom. The SMILES string of the molecule is COCCN(CC1CN(C(=O)c2ccoc2)CCO1)C(=O)c1cccc(F)c1. The van der Waals surface area contributed by atoms with Crippen molar-refractivity contribution in [1.29, 1.82) is 0 Å². The number of benzene rings is 1. The maximum absolute atomic E-state index is 13.5. The van der Waals surface area contributed by atoms with E-state index < -0.39 is 5.82 Å². The fourth-order valence-electron chi connectivity index (χ4n) is 3.11. The number of nitrogens with zero attached hydrogens (tertiary/aromatic N) is 2. The van der Waals surface area contributed by atoms with Crippen molar-refractivity contribution < 1.29 is 27.9 Å². The molecule has 1 atom stereocenters. The standard InChI is InChI=1S/C20H23FN2O5/c1-26-9-6-22(19(24)15-3-2-4-17(21)11-15)12-18-13-23(7-10-28-18)20(25)16-5-8-27-14-16/h2-5,8,11,14,18H,6-7,9-10,12-13H2,1H3. The second kappa shape index (κ2) is 9.48. The average Bonchev–Trinajstić information content (AvgIpc) is 3.25. The van der Waals surface area contributed by atoms with Crippen LogP contribution in [0.1, 0.15) is 20.7 Å². The van der Waals surface area contributed by atoms with Crippen LogP contribution in [-0.2, 0) is 9.47 Å². The Kier molecular flexibility index (Phi) is 6.78. The van der Waals surface area contributed by atoms with Crippen LogP contribution >= 0.6 is 0 Å². The lowest BCUT2D eigenvalue weighted by atomic mass is 10.1. The van der Waals surface area contributed by atoms with Crippen LogP contribution in [-0.4, -0.2) is 74.2 Å². The molecule has 150 valence electrons. The lowest BCUT2D eigenvalue weighted by molar-refractivity contribution is -0.0347. The molecule has 0 radical (unpaired) electrons. The molecular weight excluding hydrogens is 367 g/mol. The number of morpholine rings is 1. The van der Waals surface area contributed by atoms with Crippen molar-refractivity contribution in [3.63, 3.8) is 0 Å². The van der Waals surface area contributed by atoms with Crippen LogP contribution in [0.3, 0.4) is 0 Å². The van der Waals surface area contributed by atoms with Gasteiger partial charge in [0.2, 0.25) is 0 Å². The van der Waals surface area contributed by atoms with E-state index in [9.17, 15) is 14.0 Å². The van der Waals surface area contributed by atoms with Gasteiger partial charge in [-0.05, 0) is 24.3 Å². The molecule has 1 aliphatic rings. The summed E-state index contributed by atoms with van der Waals surface area (Å²) in [5.41, 5.74) is 0.742. The molecule has 1 aromatic heterocycles. The first-order chi connectivity index (χ1) is 13.6. The van der Waals surface area contributed by atoms with Crippen LogP contribution in [0.15, 0.2) is 47.3 Å². The van der Waals surface area contributed by atoms with E-state index in [1.54, 1.807) is 29.0 Å². The van der Waals surface area contributed by atoms with Crippen molar-refractivity contribution >= 4 is 11.8 Å². The van der Waals surface area contributed by atoms with E-state index in [0.717, 1.165) is 0 Å². The minimum atomic E-state index is -0.469. The van der Waals surface area contributed by atoms with Crippen molar-refractivity contribution in [3.05, 3.63) is 59.8 Å². The van der Waals surface area contributed by atoms with Crippen LogP contribution in [0.4, 0.5) is 4.39 Å². The van der Waals surface area contributed by atoms with Crippen LogP contribution in [0.5, 0.6) is 0 Å². The van der Waals surface area contributed by atoms with Crippen molar-refractivity contribution in [2.24, 2.45) is 0 Å². The summed E-state index contributed by atoms with van der Waals surface area (Å²) < 4.78 is 29.3. The molecule has 0 aliphatic carbocycles. The second-order valence-electron chi connectivity index (χ2n) is 6.51. The van der Waals surface area contributed by atoms with Crippen LogP contribution in [0, 0.1) is 5.82 Å². The summed E-state index contributed by atoms with van der Waals surface area (Å²) in [6.07, 6.45) is 2.51. The van der Waals surface area contributed by atoms with Gasteiger partial charge in [-0.2, -0.15) is 0 Å². The molecule has 2 aromatic rings. The van der Waals surface area contributed by atoms with Gasteiger partial charge in [-0.25, -0.2) is 4.39 Å². The number of carbonyl (C=O) groups is 2. The number of halogens is 1. The first-order valence-corrected chi connectivity index (χ1v) is 9.05. The van der Waals surface area contributed by atoms with E-state index in [2.05, 4.69) is 0 Å². The molecule has 8 heteroatoms. The van der Waals surface area contributed by atoms with Crippen LogP contribution < -0.4 is 0 Å². The molecule has 2 amide bonds. The molecule has 1 unspecified atom stereocenters. The summed E-state index contributed by atoms with van der Waals surface area (Å²) in [5.74, 6) is -0.913. The van der Waals surface area contributed by atoms with Gasteiger partial charge < -0.3 is 23.7 Å². The Balaban J connectivity index is 1.67. The summed E-state index contributed by atoms with van der Waals surface area (Å²) in [4.78, 5) is 28.6. The van der Waals surface area contributed by atoms with Crippen LogP contribution in [0.2, 0.25) is 0 Å². The molecule has 1 fully saturated rings. The summed E-state index contributed by atoms with van der Waals surface area (Å²) in [7, 11) is 1.55. The molecule has 2 heterocycles. The van der Waals surface area contributed by atoms with E-state index in [1.165, 1.54) is 30.7 Å². The van der Waals surface area contributed by atoms with E-state index in [-0.39, 0.29) is 30.0 Å². The molecule has 7 nitrogen and oxygen atoms in total. The molecule has 0 N–H and O–H groups in total. The number of furan rings is 1. The smallest absolute Gasteiger partial charge is 0.257 e. The maximum Gasteiger partial charge on any atom is 0.257 e. The Bertz CT molecular complexity index is 796. The van der Waals surface area contributed by atoms with E-state index in [4.69, 9.17) is 13.9 Å². The molecule has 1 aromatic carbocycles. The minimum absolute atomic E-state index is 0.137. The predicted molar refractivity (Wildman–Crippen MR) is 98.5 cm³/mol. The quantitative estimate of drug-likeness (QED) is 0.724. The number of hydrogen-bond acceptors (Lipinski definition) is 5. The lowest BCUT2D eigenvalue weighted by Gasteiger charge is -2.35. The number of ether oxygens (including phenoxy) is 2. The fourth-order valence-corrected chi connectivity index (χ4v) is 3.11. The van der Waals surface area contributed by atoms with Gasteiger partial charge in [-0.3, -0.25) is 9.59 Å². The number of carbonyl (C=O) groups excluding carboxylic acids is 2. The highest BCUT2D eigenvalue weighted by Gasteiger charge is 2.28. The van der Waals surface area contributed by atoms with Gasteiger partial charge in [0.15, 0.2) is 0 Å². The van der Waals surface area contributed by atoms with Gasteiger partial charge in [-0.1, -0.05) is 6.07 Å². The zero-order chi connectivity index (χ0) is 19.9. The van der Waals surface area contributed by atoms with E-state index in [1.807, 2.05) is 0 Å². The highest BCUT2D eigenvalue weighted by Crippen LogP contribution is 2.14. The Labute approximate surface area is 162 Å². The number of methoxy groups -OCH3 is 1. The summed E-state index contributed by atoms with van der Waals surface area (Å²) in [6, 6.07) is 7.19. The minimum Gasteiger partial charge on any atom is -0.472 e. The summed E-state index contributed by atoms with van der Waals surface area (Å²) in [5, 5.41) is 0. The highest BCUT2D eigenvalue weighted by atomic mass is 19.1. The summed E-state index contributed by atoms with van der Waals surface area (Å²) in [6.45, 7) is 2.14. The Morgan fingerprint density at radius 2 is 2.18 bits per heavy atom. The summed E-state index contributed by atoms with van der Waals surface area (Å²) >= 11 is 0. The molecule has 0 spiro atoms. The Morgan fingerprint density at radius 3 is 2.89 bits per heavy atom. The molecule has 28 heavy (non-hydrogen) atoms. The number of hydrogen-bond donors (Lipinski definition) is 0. The van der Waals surface area contributed by atoms with Gasteiger partial charge in [0.05, 0.1) is 31.1 Å². The topological polar surface area (TPSA) is 72.2 Å². The van der Waals surface area contributed by atoms with Crippen LogP contribution in [0.25, 0.3) is 0 Å². The zero-order valence-corrected chi connectivity index (χ0v) is 15.7. The maximum atomic E-state index is 13.5. The predicted octanol–water partition coefficient (Wildman–Crippen LogP) is 2.05. The number of rotatable bonds is 7. The lowest BCUT2D eigenvalue weighted by Crippen LogP contribution is -2.51. The first kappa shape index (κ1) is 20.0. The molecule has 1 aliphatic heterocycles. The zero-order valence-electron chi connectivity index (χ0n) is 15.7. The van der Waals surface area contributed by atoms with Crippen molar-refractivity contribution in [1.82, 2.24) is 9.80 Å². The molecular formula is C20H23FN2O5. The van der Waals surface area contributed by atoms with Gasteiger partial charge in [-0.15, -0.1) is 0 Å². The molecule has 1 saturated heterocycles. The van der Waals surface area contributed by atoms with Gasteiger partial charge >= 0.3 is 0 Å². The second-order valence-corrected chi connectivity index (χ2v) is 6.51. The Hall–Kier alpha value is -2.71. The van der Waals surface area contributed by atoms with Gasteiger partial charge in [0.25, 0.3) is 11.8 Å². The normalized spacial score (nSPS) is 16.8. The van der Waals surface area contributed by atoms with Crippen molar-refractivity contribution in [3.8, 4) is 0 Å². The fraction of sp³-hybridized carbons (Fsp3) is 0.400. The third-order valence-corrected chi connectivity index (χ3v) is 4.54. The number of amides is 2. The molecule has 0 saturated carbocycles. The third-order valence-electron chi connectivity index (χ3n) is 4.54.